The molecule has 2 saturated carbocycles. The molecular weight excluding hydrogens is 521 g/mol. The molecular formula is C34H30FNO5. The van der Waals surface area contributed by atoms with Crippen molar-refractivity contribution in [1.29, 1.82) is 0 Å². The predicted octanol–water partition coefficient (Wildman–Crippen LogP) is 6.57. The highest BCUT2D eigenvalue weighted by Gasteiger charge is 2.54. The molecule has 1 unspecified atom stereocenters. The van der Waals surface area contributed by atoms with E-state index in [9.17, 15) is 9.59 Å². The van der Waals surface area contributed by atoms with E-state index < -0.39 is 11.2 Å². The van der Waals surface area contributed by atoms with E-state index in [4.69, 9.17) is 14.2 Å². The molecule has 208 valence electrons. The van der Waals surface area contributed by atoms with Crippen LogP contribution in [0.15, 0.2) is 79.0 Å². The molecule has 1 spiro atoms. The highest BCUT2D eigenvalue weighted by Crippen LogP contribution is 2.49. The number of ketones is 2. The number of hydrogen-bond donors (Lipinski definition) is 0. The Morgan fingerprint density at radius 1 is 0.878 bits per heavy atom. The minimum atomic E-state index is -0.940. The average Bonchev–Trinajstić information content (AvgIpc) is 3.89. The molecule has 0 N–H and O–H groups in total. The molecule has 6 nitrogen and oxygen atoms in total. The number of rotatable bonds is 10. The summed E-state index contributed by atoms with van der Waals surface area (Å²) in [6, 6.07) is 21.2. The Labute approximate surface area is 237 Å². The minimum Gasteiger partial charge on any atom is -0.488 e. The first-order valence-corrected chi connectivity index (χ1v) is 14.2. The fourth-order valence-corrected chi connectivity index (χ4v) is 5.82. The van der Waals surface area contributed by atoms with Gasteiger partial charge in [-0.3, -0.25) is 14.6 Å². The van der Waals surface area contributed by atoms with Crippen molar-refractivity contribution >= 4 is 22.5 Å². The van der Waals surface area contributed by atoms with Crippen LogP contribution in [0.4, 0.5) is 4.39 Å². The number of aromatic nitrogens is 1. The van der Waals surface area contributed by atoms with E-state index in [1.165, 1.54) is 12.1 Å². The second kappa shape index (κ2) is 10.1. The molecule has 4 aromatic rings. The fraction of sp³-hybridized carbons (Fsp3) is 0.324. The van der Waals surface area contributed by atoms with Crippen LogP contribution in [-0.4, -0.2) is 34.9 Å². The number of carbonyl (C=O) groups excluding carboxylic acids is 2. The maximum absolute atomic E-state index is 15.2. The molecule has 7 heteroatoms. The molecule has 2 aliphatic carbocycles. The number of pyridine rings is 1. The van der Waals surface area contributed by atoms with Crippen molar-refractivity contribution in [3.05, 3.63) is 95.9 Å². The number of fused-ring (bicyclic) bond motifs is 1. The second-order valence-electron chi connectivity index (χ2n) is 11.6. The summed E-state index contributed by atoms with van der Waals surface area (Å²) in [5, 5.41) is 0.729. The Morgan fingerprint density at radius 2 is 1.66 bits per heavy atom. The zero-order valence-electron chi connectivity index (χ0n) is 22.6. The smallest absolute Gasteiger partial charge is 0.166 e. The average molecular weight is 552 g/mol. The van der Waals surface area contributed by atoms with Crippen LogP contribution in [0.1, 0.15) is 43.2 Å². The molecule has 3 fully saturated rings. The fourth-order valence-electron chi connectivity index (χ4n) is 5.82. The van der Waals surface area contributed by atoms with E-state index in [1.54, 1.807) is 18.3 Å². The normalized spacial score (nSPS) is 19.7. The first-order chi connectivity index (χ1) is 19.9. The third-order valence-electron chi connectivity index (χ3n) is 8.57. The number of nitrogens with zero attached hydrogens (tertiary/aromatic N) is 1. The zero-order chi connectivity index (χ0) is 28.0. The number of hydrogen-bond acceptors (Lipinski definition) is 6. The number of carbonyl (C=O) groups is 2. The van der Waals surface area contributed by atoms with Crippen LogP contribution in [0.25, 0.3) is 10.9 Å². The van der Waals surface area contributed by atoms with Gasteiger partial charge in [-0.15, -0.1) is 0 Å². The van der Waals surface area contributed by atoms with Crippen molar-refractivity contribution in [2.75, 3.05) is 6.61 Å². The lowest BCUT2D eigenvalue weighted by atomic mass is 9.88. The van der Waals surface area contributed by atoms with E-state index in [2.05, 4.69) is 4.98 Å². The van der Waals surface area contributed by atoms with Gasteiger partial charge in [0.1, 0.15) is 17.6 Å². The molecule has 7 rings (SSSR count). The summed E-state index contributed by atoms with van der Waals surface area (Å²) in [5.41, 5.74) is 1.20. The molecule has 41 heavy (non-hydrogen) atoms. The van der Waals surface area contributed by atoms with Crippen LogP contribution < -0.4 is 9.47 Å². The molecule has 3 aromatic carbocycles. The van der Waals surface area contributed by atoms with Gasteiger partial charge in [-0.2, -0.15) is 0 Å². The second-order valence-corrected chi connectivity index (χ2v) is 11.6. The van der Waals surface area contributed by atoms with E-state index in [1.807, 2.05) is 48.5 Å². The summed E-state index contributed by atoms with van der Waals surface area (Å²) in [4.78, 5) is 30.5. The summed E-state index contributed by atoms with van der Waals surface area (Å²) < 4.78 is 33.1. The molecule has 0 amide bonds. The van der Waals surface area contributed by atoms with Gasteiger partial charge in [0.15, 0.2) is 23.1 Å². The van der Waals surface area contributed by atoms with Gasteiger partial charge in [0.25, 0.3) is 0 Å². The zero-order valence-corrected chi connectivity index (χ0v) is 22.6. The quantitative estimate of drug-likeness (QED) is 0.208. The van der Waals surface area contributed by atoms with E-state index in [0.717, 1.165) is 30.2 Å². The Hall–Kier alpha value is -4.10. The van der Waals surface area contributed by atoms with E-state index in [-0.39, 0.29) is 41.9 Å². The predicted molar refractivity (Wildman–Crippen MR) is 151 cm³/mol. The summed E-state index contributed by atoms with van der Waals surface area (Å²) in [6.45, 7) is 0.598. The first-order valence-electron chi connectivity index (χ1n) is 14.2. The molecule has 3 aliphatic rings. The van der Waals surface area contributed by atoms with Gasteiger partial charge in [-0.05, 0) is 67.1 Å². The van der Waals surface area contributed by atoms with Gasteiger partial charge in [-0.1, -0.05) is 36.4 Å². The van der Waals surface area contributed by atoms with Gasteiger partial charge in [0.05, 0.1) is 23.1 Å². The lowest BCUT2D eigenvalue weighted by molar-refractivity contribution is -0.133. The van der Waals surface area contributed by atoms with Crippen LogP contribution in [0.3, 0.4) is 0 Å². The molecule has 1 aliphatic heterocycles. The molecule has 0 bridgehead atoms. The van der Waals surface area contributed by atoms with Gasteiger partial charge in [0, 0.05) is 36.9 Å². The molecule has 1 atom stereocenters. The van der Waals surface area contributed by atoms with Crippen LogP contribution >= 0.6 is 0 Å². The SMILES string of the molecule is O=C(Cc1ccccc1)C1(C(=O)Cc2ccc(Oc3ccnc4cc(OC5COC6(CC6)C5)ccc34)c(F)c2)CC1. The number of Topliss-reactive ketones (excluding diaryl/α,β-unsaturated/α-hetero) is 2. The van der Waals surface area contributed by atoms with E-state index >= 15 is 4.39 Å². The van der Waals surface area contributed by atoms with Crippen molar-refractivity contribution < 1.29 is 28.2 Å². The number of benzene rings is 3. The third kappa shape index (κ3) is 5.22. The van der Waals surface area contributed by atoms with Gasteiger partial charge >= 0.3 is 0 Å². The Kier molecular flexibility index (Phi) is 6.35. The third-order valence-corrected chi connectivity index (χ3v) is 8.57. The highest BCUT2D eigenvalue weighted by molar-refractivity contribution is 6.10. The van der Waals surface area contributed by atoms with Gasteiger partial charge < -0.3 is 14.2 Å². The number of halogens is 1. The molecule has 2 heterocycles. The first kappa shape index (κ1) is 25.8. The lowest BCUT2D eigenvalue weighted by Gasteiger charge is -2.15. The lowest BCUT2D eigenvalue weighted by Crippen LogP contribution is -2.28. The van der Waals surface area contributed by atoms with Crippen molar-refractivity contribution in [1.82, 2.24) is 4.98 Å². The summed E-state index contributed by atoms with van der Waals surface area (Å²) in [7, 11) is 0. The van der Waals surface area contributed by atoms with Crippen molar-refractivity contribution in [2.45, 2.75) is 56.7 Å². The maximum atomic E-state index is 15.2. The summed E-state index contributed by atoms with van der Waals surface area (Å²) in [5.74, 6) is 0.444. The highest BCUT2D eigenvalue weighted by atomic mass is 19.1. The number of ether oxygens (including phenoxy) is 3. The summed E-state index contributed by atoms with van der Waals surface area (Å²) >= 11 is 0. The van der Waals surface area contributed by atoms with Gasteiger partial charge in [0.2, 0.25) is 0 Å². The van der Waals surface area contributed by atoms with Crippen LogP contribution in [0.5, 0.6) is 17.2 Å². The standard InChI is InChI=1S/C34H30FNO5/c35-27-16-23(18-32(38)34(13-14-34)31(37)17-22-4-2-1-3-5-22)6-9-30(27)41-29-10-15-36-28-19-24(7-8-26(28)29)40-25-20-33(11-12-33)39-21-25/h1-10,15-16,19,25H,11-14,17-18,20-21H2. The van der Waals surface area contributed by atoms with E-state index in [0.29, 0.717) is 42.0 Å². The minimum absolute atomic E-state index is 0.00580. The van der Waals surface area contributed by atoms with Crippen molar-refractivity contribution in [2.24, 2.45) is 5.41 Å². The Morgan fingerprint density at radius 3 is 2.37 bits per heavy atom. The topological polar surface area (TPSA) is 74.7 Å². The summed E-state index contributed by atoms with van der Waals surface area (Å²) in [6.07, 6.45) is 6.12. The maximum Gasteiger partial charge on any atom is 0.166 e. The van der Waals surface area contributed by atoms with Crippen molar-refractivity contribution in [3.8, 4) is 17.2 Å². The van der Waals surface area contributed by atoms with Crippen LogP contribution in [0.2, 0.25) is 0 Å². The monoisotopic (exact) mass is 551 g/mol. The van der Waals surface area contributed by atoms with Gasteiger partial charge in [-0.25, -0.2) is 4.39 Å². The van der Waals surface area contributed by atoms with Crippen LogP contribution in [-0.2, 0) is 27.2 Å². The largest absolute Gasteiger partial charge is 0.488 e. The molecule has 1 aromatic heterocycles. The van der Waals surface area contributed by atoms with Crippen molar-refractivity contribution in [3.63, 3.8) is 0 Å². The Balaban J connectivity index is 1.02. The van der Waals surface area contributed by atoms with Crippen LogP contribution in [0, 0.1) is 11.2 Å². The molecule has 1 saturated heterocycles. The molecule has 0 radical (unpaired) electrons. The Bertz CT molecular complexity index is 1640.